The second-order valence-electron chi connectivity index (χ2n) is 8.06. The fraction of sp³-hybridized carbons (Fsp3) is 0.240. The first-order valence-corrected chi connectivity index (χ1v) is 10.6. The molecule has 0 aliphatic heterocycles. The Morgan fingerprint density at radius 1 is 1.14 bits per heavy atom. The van der Waals surface area contributed by atoms with E-state index in [0.717, 1.165) is 18.3 Å². The van der Waals surface area contributed by atoms with Crippen LogP contribution in [0.15, 0.2) is 48.7 Å². The molecule has 0 fully saturated rings. The van der Waals surface area contributed by atoms with Gasteiger partial charge in [-0.05, 0) is 54.3 Å². The largest absolute Gasteiger partial charge is 0.478 e. The molecule has 0 saturated heterocycles. The second-order valence-corrected chi connectivity index (χ2v) is 8.47. The van der Waals surface area contributed by atoms with Crippen molar-refractivity contribution in [2.24, 2.45) is 0 Å². The number of pyridine rings is 1. The zero-order valence-electron chi connectivity index (χ0n) is 18.8. The van der Waals surface area contributed by atoms with Crippen molar-refractivity contribution in [2.45, 2.75) is 38.5 Å². The smallest absolute Gasteiger partial charge is 0.422 e. The Morgan fingerprint density at radius 2 is 1.77 bits per heavy atom. The zero-order chi connectivity index (χ0) is 26.1. The van der Waals surface area contributed by atoms with E-state index < -0.39 is 29.2 Å². The third-order valence-electron chi connectivity index (χ3n) is 5.79. The van der Waals surface area contributed by atoms with Crippen LogP contribution in [-0.2, 0) is 5.60 Å². The molecule has 10 heteroatoms. The van der Waals surface area contributed by atoms with Crippen LogP contribution in [-0.4, -0.2) is 27.3 Å². The number of aliphatic hydroxyl groups is 1. The third-order valence-corrected chi connectivity index (χ3v) is 6.11. The molecule has 0 radical (unpaired) electrons. The van der Waals surface area contributed by atoms with Crippen LogP contribution >= 0.6 is 11.6 Å². The summed E-state index contributed by atoms with van der Waals surface area (Å²) in [7, 11) is 0. The lowest BCUT2D eigenvalue weighted by atomic mass is 9.76. The highest BCUT2D eigenvalue weighted by Crippen LogP contribution is 2.50. The average molecular weight is 505 g/mol. The van der Waals surface area contributed by atoms with Crippen molar-refractivity contribution in [2.75, 3.05) is 0 Å². The summed E-state index contributed by atoms with van der Waals surface area (Å²) in [6, 6.07) is 10.9. The number of carbonyl (C=O) groups is 1. The van der Waals surface area contributed by atoms with Gasteiger partial charge in [0.2, 0.25) is 5.88 Å². The number of alkyl halides is 3. The SMILES string of the molecule is Cc1cc(C(O)(C(C)c2ccc(Oc3ccc(C(=O)O)cn3)cc2Cl)C(F)(F)F)cc(C)c1C#N. The molecule has 2 unspecified atom stereocenters. The summed E-state index contributed by atoms with van der Waals surface area (Å²) in [5.41, 5.74) is -2.84. The number of rotatable bonds is 6. The van der Waals surface area contributed by atoms with Gasteiger partial charge in [0, 0.05) is 23.2 Å². The molecule has 182 valence electrons. The standard InChI is InChI=1S/C25H20ClF3N2O4/c1-13-8-17(9-14(2)20(13)11-30)24(34,25(27,28)29)15(3)19-6-5-18(10-21(19)26)35-22-7-4-16(12-31-22)23(32)33/h4-10,12,15,34H,1-3H3,(H,32,33). The highest BCUT2D eigenvalue weighted by Gasteiger charge is 2.59. The van der Waals surface area contributed by atoms with Crippen molar-refractivity contribution < 1.29 is 32.9 Å². The van der Waals surface area contributed by atoms with Gasteiger partial charge < -0.3 is 14.9 Å². The van der Waals surface area contributed by atoms with E-state index in [4.69, 9.17) is 21.4 Å². The minimum Gasteiger partial charge on any atom is -0.478 e. The first-order chi connectivity index (χ1) is 16.3. The highest BCUT2D eigenvalue weighted by atomic mass is 35.5. The van der Waals surface area contributed by atoms with E-state index in [-0.39, 0.29) is 33.3 Å². The Morgan fingerprint density at radius 3 is 2.23 bits per heavy atom. The molecule has 0 spiro atoms. The molecule has 0 bridgehead atoms. The number of benzene rings is 2. The normalized spacial score (nSPS) is 14.0. The number of halogens is 4. The molecule has 2 atom stereocenters. The molecule has 0 amide bonds. The highest BCUT2D eigenvalue weighted by molar-refractivity contribution is 6.31. The number of aromatic carboxylic acids is 1. The minimum atomic E-state index is -5.06. The van der Waals surface area contributed by atoms with Crippen LogP contribution in [0.2, 0.25) is 5.02 Å². The van der Waals surface area contributed by atoms with Gasteiger partial charge in [-0.3, -0.25) is 0 Å². The summed E-state index contributed by atoms with van der Waals surface area (Å²) < 4.78 is 48.5. The summed E-state index contributed by atoms with van der Waals surface area (Å²) in [4.78, 5) is 14.8. The van der Waals surface area contributed by atoms with E-state index >= 15 is 0 Å². The molecular formula is C25H20ClF3N2O4. The number of ether oxygens (including phenoxy) is 1. The molecule has 35 heavy (non-hydrogen) atoms. The van der Waals surface area contributed by atoms with Crippen molar-refractivity contribution in [1.29, 1.82) is 5.26 Å². The monoisotopic (exact) mass is 504 g/mol. The van der Waals surface area contributed by atoms with Crippen molar-refractivity contribution >= 4 is 17.6 Å². The Labute approximate surface area is 204 Å². The van der Waals surface area contributed by atoms with Crippen LogP contribution in [0.25, 0.3) is 0 Å². The van der Waals surface area contributed by atoms with E-state index in [1.807, 2.05) is 6.07 Å². The van der Waals surface area contributed by atoms with Crippen molar-refractivity contribution in [3.8, 4) is 17.7 Å². The van der Waals surface area contributed by atoms with Crippen LogP contribution in [0, 0.1) is 25.2 Å². The number of nitriles is 1. The fourth-order valence-corrected chi connectivity index (χ4v) is 4.19. The summed E-state index contributed by atoms with van der Waals surface area (Å²) in [5, 5.41) is 29.2. The molecule has 3 rings (SSSR count). The van der Waals surface area contributed by atoms with Gasteiger partial charge in [-0.1, -0.05) is 36.7 Å². The summed E-state index contributed by atoms with van der Waals surface area (Å²) in [6.45, 7) is 4.23. The van der Waals surface area contributed by atoms with Gasteiger partial charge >= 0.3 is 12.1 Å². The maximum atomic E-state index is 14.3. The van der Waals surface area contributed by atoms with Crippen molar-refractivity contribution in [3.05, 3.63) is 87.1 Å². The van der Waals surface area contributed by atoms with Gasteiger partial charge in [0.1, 0.15) is 5.75 Å². The van der Waals surface area contributed by atoms with Crippen LogP contribution in [0.1, 0.15) is 51.0 Å². The van der Waals surface area contributed by atoms with Crippen LogP contribution in [0.3, 0.4) is 0 Å². The van der Waals surface area contributed by atoms with E-state index in [0.29, 0.717) is 11.1 Å². The predicted molar refractivity (Wildman–Crippen MR) is 122 cm³/mol. The van der Waals surface area contributed by atoms with E-state index in [1.54, 1.807) is 0 Å². The lowest BCUT2D eigenvalue weighted by Gasteiger charge is -2.37. The molecule has 1 heterocycles. The van der Waals surface area contributed by atoms with E-state index in [1.165, 1.54) is 51.1 Å². The first kappa shape index (κ1) is 26.0. The van der Waals surface area contributed by atoms with Crippen LogP contribution in [0.4, 0.5) is 13.2 Å². The van der Waals surface area contributed by atoms with Gasteiger partial charge in [0.05, 0.1) is 17.2 Å². The molecule has 6 nitrogen and oxygen atoms in total. The number of hydrogen-bond donors (Lipinski definition) is 2. The average Bonchev–Trinajstić information content (AvgIpc) is 2.77. The maximum Gasteiger partial charge on any atom is 0.422 e. The first-order valence-electron chi connectivity index (χ1n) is 10.3. The number of carboxylic acid groups (broad SMARTS) is 1. The summed E-state index contributed by atoms with van der Waals surface area (Å²) >= 11 is 6.31. The van der Waals surface area contributed by atoms with Crippen molar-refractivity contribution in [1.82, 2.24) is 4.98 Å². The summed E-state index contributed by atoms with van der Waals surface area (Å²) in [6.07, 6.45) is -3.96. The fourth-order valence-electron chi connectivity index (χ4n) is 3.85. The predicted octanol–water partition coefficient (Wildman–Crippen LogP) is 6.27. The summed E-state index contributed by atoms with van der Waals surface area (Å²) in [5.74, 6) is -2.47. The number of nitrogens with zero attached hydrogens (tertiary/aromatic N) is 2. The van der Waals surface area contributed by atoms with Gasteiger partial charge in [0.25, 0.3) is 0 Å². The van der Waals surface area contributed by atoms with Gasteiger partial charge in [-0.15, -0.1) is 0 Å². The molecule has 0 aliphatic carbocycles. The number of aryl methyl sites for hydroxylation is 2. The minimum absolute atomic E-state index is 0.0210. The van der Waals surface area contributed by atoms with E-state index in [2.05, 4.69) is 4.98 Å². The topological polar surface area (TPSA) is 103 Å². The van der Waals surface area contributed by atoms with Crippen molar-refractivity contribution in [3.63, 3.8) is 0 Å². The number of carboxylic acids is 1. The Hall–Kier alpha value is -3.61. The Balaban J connectivity index is 1.99. The molecule has 0 aliphatic rings. The molecule has 0 saturated carbocycles. The maximum absolute atomic E-state index is 14.3. The molecular weight excluding hydrogens is 485 g/mol. The van der Waals surface area contributed by atoms with Crippen LogP contribution in [0.5, 0.6) is 11.6 Å². The number of hydrogen-bond acceptors (Lipinski definition) is 5. The van der Waals surface area contributed by atoms with Gasteiger partial charge in [-0.25, -0.2) is 9.78 Å². The second kappa shape index (κ2) is 9.56. The lowest BCUT2D eigenvalue weighted by Crippen LogP contribution is -2.46. The number of aromatic nitrogens is 1. The Kier molecular flexibility index (Phi) is 7.11. The van der Waals surface area contributed by atoms with Gasteiger partial charge in [-0.2, -0.15) is 18.4 Å². The lowest BCUT2D eigenvalue weighted by molar-refractivity contribution is -0.274. The van der Waals surface area contributed by atoms with Gasteiger partial charge in [0.15, 0.2) is 5.60 Å². The molecule has 2 N–H and O–H groups in total. The quantitative estimate of drug-likeness (QED) is 0.410. The third kappa shape index (κ3) is 4.94. The molecule has 1 aromatic heterocycles. The zero-order valence-corrected chi connectivity index (χ0v) is 19.6. The Bertz CT molecular complexity index is 1300. The molecule has 2 aromatic carbocycles. The molecule has 3 aromatic rings. The van der Waals surface area contributed by atoms with E-state index in [9.17, 15) is 28.3 Å². The van der Waals surface area contributed by atoms with Crippen LogP contribution < -0.4 is 4.74 Å².